The molecule has 3 nitrogen and oxygen atoms in total. The van der Waals surface area contributed by atoms with Crippen LogP contribution in [-0.4, -0.2) is 24.5 Å². The van der Waals surface area contributed by atoms with Crippen molar-refractivity contribution in [2.75, 3.05) is 11.9 Å². The van der Waals surface area contributed by atoms with Crippen molar-refractivity contribution >= 4 is 21.9 Å². The first-order valence-electron chi connectivity index (χ1n) is 5.90. The lowest BCUT2D eigenvalue weighted by Gasteiger charge is -2.14. The maximum absolute atomic E-state index is 12.4. The topological polar surface area (TPSA) is 35.5 Å². The molecule has 19 heavy (non-hydrogen) atoms. The molecule has 0 unspecified atom stereocenters. The van der Waals surface area contributed by atoms with Crippen LogP contribution in [-0.2, 0) is 11.2 Å². The van der Waals surface area contributed by atoms with Gasteiger partial charge >= 0.3 is 12.6 Å². The van der Waals surface area contributed by atoms with Gasteiger partial charge in [0.2, 0.25) is 0 Å². The van der Waals surface area contributed by atoms with E-state index in [9.17, 15) is 13.6 Å². The van der Waals surface area contributed by atoms with Gasteiger partial charge in [-0.05, 0) is 31.9 Å². The first-order chi connectivity index (χ1) is 9.10. The zero-order valence-electron chi connectivity index (χ0n) is 10.5. The fourth-order valence-electron chi connectivity index (χ4n) is 1.67. The molecule has 0 aromatic heterocycles. The zero-order chi connectivity index (χ0) is 14.3. The molecular weight excluding hydrogens is 322 g/mol. The van der Waals surface area contributed by atoms with E-state index in [0.29, 0.717) is 23.7 Å². The van der Waals surface area contributed by atoms with Crippen LogP contribution < -0.4 is 4.74 Å². The maximum Gasteiger partial charge on any atom is 0.387 e. The van der Waals surface area contributed by atoms with Crippen molar-refractivity contribution in [3.63, 3.8) is 0 Å². The second-order valence-corrected chi connectivity index (χ2v) is 4.47. The van der Waals surface area contributed by atoms with Crippen LogP contribution in [0.1, 0.15) is 29.3 Å². The van der Waals surface area contributed by atoms with E-state index in [1.807, 2.05) is 0 Å². The van der Waals surface area contributed by atoms with Gasteiger partial charge in [0.25, 0.3) is 0 Å². The molecule has 0 atom stereocenters. The van der Waals surface area contributed by atoms with Crippen molar-refractivity contribution in [1.82, 2.24) is 0 Å². The fourth-order valence-corrected chi connectivity index (χ4v) is 1.95. The van der Waals surface area contributed by atoms with Crippen LogP contribution in [0.5, 0.6) is 5.75 Å². The molecule has 0 aliphatic rings. The van der Waals surface area contributed by atoms with Crippen molar-refractivity contribution in [3.05, 3.63) is 29.3 Å². The predicted octanol–water partition coefficient (Wildman–Crippen LogP) is 3.79. The van der Waals surface area contributed by atoms with Crippen LogP contribution >= 0.6 is 15.9 Å². The molecule has 1 aromatic rings. The first kappa shape index (κ1) is 15.9. The standard InChI is InChI=1S/C13H15BrF2O3/c1-2-18-12(17)10-5-3-7-11(19-13(15)16)9(10)6-4-8-14/h3,5,7,13H,2,4,6,8H2,1H3. The molecule has 0 saturated carbocycles. The summed E-state index contributed by atoms with van der Waals surface area (Å²) in [4.78, 5) is 11.8. The SMILES string of the molecule is CCOC(=O)c1cccc(OC(F)F)c1CCCBr. The normalized spacial score (nSPS) is 10.6. The second kappa shape index (κ2) is 8.09. The first-order valence-corrected chi connectivity index (χ1v) is 7.02. The van der Waals surface area contributed by atoms with Crippen LogP contribution in [0.25, 0.3) is 0 Å². The summed E-state index contributed by atoms with van der Waals surface area (Å²) in [5.74, 6) is -0.492. The summed E-state index contributed by atoms with van der Waals surface area (Å²) in [5, 5.41) is 0.707. The molecule has 1 rings (SSSR count). The van der Waals surface area contributed by atoms with Gasteiger partial charge in [0.05, 0.1) is 12.2 Å². The van der Waals surface area contributed by atoms with Crippen molar-refractivity contribution in [2.24, 2.45) is 0 Å². The number of rotatable bonds is 7. The highest BCUT2D eigenvalue weighted by molar-refractivity contribution is 9.09. The molecule has 6 heteroatoms. The van der Waals surface area contributed by atoms with E-state index in [4.69, 9.17) is 4.74 Å². The van der Waals surface area contributed by atoms with Gasteiger partial charge in [-0.15, -0.1) is 0 Å². The fraction of sp³-hybridized carbons (Fsp3) is 0.462. The molecule has 0 fully saturated rings. The number of alkyl halides is 3. The molecule has 0 aliphatic heterocycles. The van der Waals surface area contributed by atoms with Crippen LogP contribution in [0, 0.1) is 0 Å². The number of halogens is 3. The van der Waals surface area contributed by atoms with Crippen LogP contribution in [0.4, 0.5) is 8.78 Å². The Hall–Kier alpha value is -1.17. The molecular formula is C13H15BrF2O3. The van der Waals surface area contributed by atoms with Gasteiger partial charge in [-0.1, -0.05) is 22.0 Å². The Bertz CT molecular complexity index is 424. The molecule has 106 valence electrons. The average Bonchev–Trinajstić information content (AvgIpc) is 2.36. The highest BCUT2D eigenvalue weighted by atomic mass is 79.9. The molecule has 0 aliphatic carbocycles. The summed E-state index contributed by atoms with van der Waals surface area (Å²) < 4.78 is 34.1. The minimum absolute atomic E-state index is 0.0292. The van der Waals surface area contributed by atoms with Crippen LogP contribution in [0.15, 0.2) is 18.2 Å². The lowest BCUT2D eigenvalue weighted by molar-refractivity contribution is -0.0505. The molecule has 0 amide bonds. The van der Waals surface area contributed by atoms with Crippen molar-refractivity contribution < 1.29 is 23.0 Å². The summed E-state index contributed by atoms with van der Waals surface area (Å²) in [7, 11) is 0. The van der Waals surface area contributed by atoms with E-state index in [0.717, 1.165) is 0 Å². The Morgan fingerprint density at radius 1 is 1.42 bits per heavy atom. The van der Waals surface area contributed by atoms with E-state index in [-0.39, 0.29) is 17.9 Å². The molecule has 0 heterocycles. The summed E-state index contributed by atoms with van der Waals surface area (Å²) in [5.41, 5.74) is 0.738. The van der Waals surface area contributed by atoms with Gasteiger partial charge in [-0.3, -0.25) is 0 Å². The van der Waals surface area contributed by atoms with Gasteiger partial charge in [-0.25, -0.2) is 4.79 Å². The van der Waals surface area contributed by atoms with Gasteiger partial charge < -0.3 is 9.47 Å². The highest BCUT2D eigenvalue weighted by Crippen LogP contribution is 2.26. The average molecular weight is 337 g/mol. The van der Waals surface area contributed by atoms with Gasteiger partial charge in [0, 0.05) is 10.9 Å². The summed E-state index contributed by atoms with van der Waals surface area (Å²) >= 11 is 3.27. The van der Waals surface area contributed by atoms with Gasteiger partial charge in [-0.2, -0.15) is 8.78 Å². The Morgan fingerprint density at radius 3 is 2.74 bits per heavy atom. The summed E-state index contributed by atoms with van der Waals surface area (Å²) in [6.45, 7) is -0.994. The third-order valence-electron chi connectivity index (χ3n) is 2.40. The number of ether oxygens (including phenoxy) is 2. The van der Waals surface area contributed by atoms with E-state index in [1.54, 1.807) is 13.0 Å². The van der Waals surface area contributed by atoms with E-state index >= 15 is 0 Å². The molecule has 0 bridgehead atoms. The maximum atomic E-state index is 12.4. The molecule has 0 saturated heterocycles. The number of carbonyl (C=O) groups excluding carboxylic acids is 1. The summed E-state index contributed by atoms with van der Waals surface area (Å²) in [6, 6.07) is 4.49. The monoisotopic (exact) mass is 336 g/mol. The molecule has 0 spiro atoms. The van der Waals surface area contributed by atoms with Crippen LogP contribution in [0.2, 0.25) is 0 Å². The van der Waals surface area contributed by atoms with Gasteiger partial charge in [0.15, 0.2) is 0 Å². The third-order valence-corrected chi connectivity index (χ3v) is 2.97. The smallest absolute Gasteiger partial charge is 0.387 e. The number of hydrogen-bond acceptors (Lipinski definition) is 3. The zero-order valence-corrected chi connectivity index (χ0v) is 12.1. The second-order valence-electron chi connectivity index (χ2n) is 3.67. The van der Waals surface area contributed by atoms with Crippen molar-refractivity contribution in [1.29, 1.82) is 0 Å². The minimum Gasteiger partial charge on any atom is -0.462 e. The lowest BCUT2D eigenvalue weighted by atomic mass is 10.0. The molecule has 0 N–H and O–H groups in total. The van der Waals surface area contributed by atoms with Gasteiger partial charge in [0.1, 0.15) is 5.75 Å². The number of carbonyl (C=O) groups is 1. The number of esters is 1. The van der Waals surface area contributed by atoms with E-state index in [1.165, 1.54) is 12.1 Å². The lowest BCUT2D eigenvalue weighted by Crippen LogP contribution is -2.12. The van der Waals surface area contributed by atoms with Crippen LogP contribution in [0.3, 0.4) is 0 Å². The van der Waals surface area contributed by atoms with E-state index < -0.39 is 12.6 Å². The molecule has 1 aromatic carbocycles. The Labute approximate surface area is 119 Å². The third kappa shape index (κ3) is 4.78. The summed E-state index contributed by atoms with van der Waals surface area (Å²) in [6.07, 6.45) is 1.16. The predicted molar refractivity (Wildman–Crippen MR) is 71.1 cm³/mol. The van der Waals surface area contributed by atoms with E-state index in [2.05, 4.69) is 20.7 Å². The Kier molecular flexibility index (Phi) is 6.77. The van der Waals surface area contributed by atoms with Crippen molar-refractivity contribution in [2.45, 2.75) is 26.4 Å². The molecule has 0 radical (unpaired) electrons. The number of benzene rings is 1. The largest absolute Gasteiger partial charge is 0.462 e. The highest BCUT2D eigenvalue weighted by Gasteiger charge is 2.18. The van der Waals surface area contributed by atoms with Crippen molar-refractivity contribution in [3.8, 4) is 5.75 Å². The minimum atomic E-state index is -2.92. The Morgan fingerprint density at radius 2 is 2.16 bits per heavy atom. The Balaban J connectivity index is 3.09. The number of hydrogen-bond donors (Lipinski definition) is 0. The quantitative estimate of drug-likeness (QED) is 0.561.